The van der Waals surface area contributed by atoms with Gasteiger partial charge in [0.2, 0.25) is 5.91 Å². The third kappa shape index (κ3) is 4.03. The van der Waals surface area contributed by atoms with Crippen molar-refractivity contribution in [3.05, 3.63) is 36.0 Å². The summed E-state index contributed by atoms with van der Waals surface area (Å²) in [5.41, 5.74) is 1.64. The molecule has 0 radical (unpaired) electrons. The normalized spacial score (nSPS) is 19.0. The number of hydrogen-bond donors (Lipinski definition) is 2. The highest BCUT2D eigenvalue weighted by molar-refractivity contribution is 5.98. The first kappa shape index (κ1) is 17.5. The second-order valence-electron chi connectivity index (χ2n) is 7.07. The highest BCUT2D eigenvalue weighted by atomic mass is 16.2. The van der Waals surface area contributed by atoms with Crippen molar-refractivity contribution in [3.63, 3.8) is 0 Å². The predicted octanol–water partition coefficient (Wildman–Crippen LogP) is 3.32. The third-order valence-corrected chi connectivity index (χ3v) is 4.99. The van der Waals surface area contributed by atoms with Gasteiger partial charge in [-0.3, -0.25) is 9.59 Å². The van der Waals surface area contributed by atoms with Crippen LogP contribution in [0.25, 0.3) is 10.9 Å². The SMILES string of the molecule is CCC[C@H](C)NC(=O)[C@@H]1CCCN(C(=O)c2ccc3cc[nH]c3c2)C1. The topological polar surface area (TPSA) is 65.2 Å². The number of aromatic amines is 1. The number of nitrogens with one attached hydrogen (secondary N) is 2. The maximum Gasteiger partial charge on any atom is 0.253 e. The molecule has 1 aromatic carbocycles. The molecule has 1 fully saturated rings. The lowest BCUT2D eigenvalue weighted by Gasteiger charge is -2.32. The van der Waals surface area contributed by atoms with Crippen molar-refractivity contribution >= 4 is 22.7 Å². The number of amides is 2. The molecule has 1 aliphatic rings. The van der Waals surface area contributed by atoms with Crippen LogP contribution in [0.1, 0.15) is 49.9 Å². The first-order valence-corrected chi connectivity index (χ1v) is 9.25. The smallest absolute Gasteiger partial charge is 0.253 e. The molecule has 0 aliphatic carbocycles. The highest BCUT2D eigenvalue weighted by Gasteiger charge is 2.29. The van der Waals surface area contributed by atoms with Crippen LogP contribution in [0.15, 0.2) is 30.5 Å². The zero-order chi connectivity index (χ0) is 17.8. The number of fused-ring (bicyclic) bond motifs is 1. The summed E-state index contributed by atoms with van der Waals surface area (Å²) in [6, 6.07) is 7.90. The molecular formula is C20H27N3O2. The van der Waals surface area contributed by atoms with E-state index in [1.165, 1.54) is 0 Å². The van der Waals surface area contributed by atoms with E-state index in [0.717, 1.165) is 43.1 Å². The van der Waals surface area contributed by atoms with Crippen molar-refractivity contribution in [2.24, 2.45) is 5.92 Å². The van der Waals surface area contributed by atoms with Gasteiger partial charge in [0.25, 0.3) is 5.91 Å². The fraction of sp³-hybridized carbons (Fsp3) is 0.500. The molecule has 134 valence electrons. The molecule has 1 aromatic heterocycles. The molecule has 2 amide bonds. The molecular weight excluding hydrogens is 314 g/mol. The molecule has 5 heteroatoms. The fourth-order valence-electron chi connectivity index (χ4n) is 3.60. The van der Waals surface area contributed by atoms with E-state index in [1.54, 1.807) is 0 Å². The van der Waals surface area contributed by atoms with Crippen LogP contribution >= 0.6 is 0 Å². The molecule has 0 saturated carbocycles. The number of likely N-dealkylation sites (tertiary alicyclic amines) is 1. The van der Waals surface area contributed by atoms with Crippen LogP contribution in [0.5, 0.6) is 0 Å². The van der Waals surface area contributed by atoms with Crippen LogP contribution in [0.4, 0.5) is 0 Å². The van der Waals surface area contributed by atoms with Crippen LogP contribution < -0.4 is 5.32 Å². The van der Waals surface area contributed by atoms with Crippen molar-refractivity contribution in [2.75, 3.05) is 13.1 Å². The lowest BCUT2D eigenvalue weighted by Crippen LogP contribution is -2.47. The van der Waals surface area contributed by atoms with E-state index >= 15 is 0 Å². The monoisotopic (exact) mass is 341 g/mol. The average Bonchev–Trinajstić information content (AvgIpc) is 3.09. The molecule has 2 N–H and O–H groups in total. The van der Waals surface area contributed by atoms with Gasteiger partial charge in [-0.1, -0.05) is 19.4 Å². The first-order chi connectivity index (χ1) is 12.1. The molecule has 25 heavy (non-hydrogen) atoms. The summed E-state index contributed by atoms with van der Waals surface area (Å²) in [4.78, 5) is 30.3. The minimum absolute atomic E-state index is 0.00982. The van der Waals surface area contributed by atoms with Crippen molar-refractivity contribution in [1.29, 1.82) is 0 Å². The third-order valence-electron chi connectivity index (χ3n) is 4.99. The summed E-state index contributed by atoms with van der Waals surface area (Å²) in [6.45, 7) is 5.38. The number of rotatable bonds is 5. The second-order valence-corrected chi connectivity index (χ2v) is 7.07. The van der Waals surface area contributed by atoms with E-state index in [9.17, 15) is 9.59 Å². The Morgan fingerprint density at radius 2 is 2.20 bits per heavy atom. The van der Waals surface area contributed by atoms with Crippen LogP contribution in [0.3, 0.4) is 0 Å². The quantitative estimate of drug-likeness (QED) is 0.876. The predicted molar refractivity (Wildman–Crippen MR) is 99.4 cm³/mol. The van der Waals surface area contributed by atoms with Crippen molar-refractivity contribution in [1.82, 2.24) is 15.2 Å². The number of aromatic nitrogens is 1. The van der Waals surface area contributed by atoms with Gasteiger partial charge in [-0.2, -0.15) is 0 Å². The number of carbonyl (C=O) groups is 2. The average molecular weight is 341 g/mol. The van der Waals surface area contributed by atoms with Gasteiger partial charge in [-0.05, 0) is 49.8 Å². The van der Waals surface area contributed by atoms with Gasteiger partial charge in [0, 0.05) is 36.4 Å². The zero-order valence-electron chi connectivity index (χ0n) is 15.0. The second kappa shape index (κ2) is 7.72. The lowest BCUT2D eigenvalue weighted by atomic mass is 9.96. The number of H-pyrrole nitrogens is 1. The summed E-state index contributed by atoms with van der Waals surface area (Å²) in [5, 5.41) is 4.18. The molecule has 1 saturated heterocycles. The van der Waals surface area contributed by atoms with Crippen LogP contribution in [-0.2, 0) is 4.79 Å². The zero-order valence-corrected chi connectivity index (χ0v) is 15.0. The van der Waals surface area contributed by atoms with Gasteiger partial charge >= 0.3 is 0 Å². The van der Waals surface area contributed by atoms with Crippen molar-refractivity contribution < 1.29 is 9.59 Å². The van der Waals surface area contributed by atoms with Gasteiger partial charge in [0.1, 0.15) is 0 Å². The Morgan fingerprint density at radius 3 is 3.00 bits per heavy atom. The molecule has 0 unspecified atom stereocenters. The minimum atomic E-state index is -0.105. The number of piperidine rings is 1. The molecule has 5 nitrogen and oxygen atoms in total. The Bertz CT molecular complexity index is 752. The van der Waals surface area contributed by atoms with E-state index in [1.807, 2.05) is 42.3 Å². The van der Waals surface area contributed by atoms with Gasteiger partial charge in [-0.25, -0.2) is 0 Å². The Balaban J connectivity index is 1.65. The molecule has 2 atom stereocenters. The summed E-state index contributed by atoms with van der Waals surface area (Å²) >= 11 is 0. The van der Waals surface area contributed by atoms with E-state index < -0.39 is 0 Å². The van der Waals surface area contributed by atoms with Gasteiger partial charge in [-0.15, -0.1) is 0 Å². The number of carbonyl (C=O) groups excluding carboxylic acids is 2. The number of benzene rings is 1. The number of nitrogens with zero attached hydrogens (tertiary/aromatic N) is 1. The Hall–Kier alpha value is -2.30. The van der Waals surface area contributed by atoms with Crippen LogP contribution in [-0.4, -0.2) is 40.8 Å². The van der Waals surface area contributed by atoms with E-state index in [2.05, 4.69) is 17.2 Å². The Kier molecular flexibility index (Phi) is 5.41. The summed E-state index contributed by atoms with van der Waals surface area (Å²) in [6.07, 6.45) is 5.63. The fourth-order valence-corrected chi connectivity index (χ4v) is 3.60. The molecule has 2 heterocycles. The maximum atomic E-state index is 12.8. The number of hydrogen-bond acceptors (Lipinski definition) is 2. The lowest BCUT2D eigenvalue weighted by molar-refractivity contribution is -0.127. The Labute approximate surface area is 148 Å². The molecule has 0 bridgehead atoms. The van der Waals surface area contributed by atoms with Crippen molar-refractivity contribution in [2.45, 2.75) is 45.6 Å². The van der Waals surface area contributed by atoms with Crippen LogP contribution in [0.2, 0.25) is 0 Å². The van der Waals surface area contributed by atoms with Crippen LogP contribution in [0, 0.1) is 5.92 Å². The van der Waals surface area contributed by atoms with Gasteiger partial charge in [0.05, 0.1) is 5.92 Å². The van der Waals surface area contributed by atoms with Gasteiger partial charge < -0.3 is 15.2 Å². The van der Waals surface area contributed by atoms with Crippen molar-refractivity contribution in [3.8, 4) is 0 Å². The Morgan fingerprint density at radius 1 is 1.36 bits per heavy atom. The molecule has 3 rings (SSSR count). The summed E-state index contributed by atoms with van der Waals surface area (Å²) in [7, 11) is 0. The van der Waals surface area contributed by atoms with Gasteiger partial charge in [0.15, 0.2) is 0 Å². The first-order valence-electron chi connectivity index (χ1n) is 9.25. The minimum Gasteiger partial charge on any atom is -0.361 e. The van der Waals surface area contributed by atoms with E-state index in [0.29, 0.717) is 12.1 Å². The molecule has 2 aromatic rings. The summed E-state index contributed by atoms with van der Waals surface area (Å²) < 4.78 is 0. The maximum absolute atomic E-state index is 12.8. The van der Waals surface area contributed by atoms with E-state index in [-0.39, 0.29) is 23.8 Å². The largest absolute Gasteiger partial charge is 0.361 e. The van der Waals surface area contributed by atoms with E-state index in [4.69, 9.17) is 0 Å². The molecule has 1 aliphatic heterocycles. The standard InChI is InChI=1S/C20H27N3O2/c1-3-5-14(2)22-19(24)17-6-4-11-23(13-17)20(25)16-8-7-15-9-10-21-18(15)12-16/h7-10,12,14,17,21H,3-6,11,13H2,1-2H3,(H,22,24)/t14-,17+/m0/s1. The molecule has 0 spiro atoms. The summed E-state index contributed by atoms with van der Waals surface area (Å²) in [5.74, 6) is -0.0138. The highest BCUT2D eigenvalue weighted by Crippen LogP contribution is 2.21.